The van der Waals surface area contributed by atoms with Crippen molar-refractivity contribution in [2.75, 3.05) is 0 Å². The van der Waals surface area contributed by atoms with Crippen LogP contribution in [0.1, 0.15) is 63.0 Å². The molecule has 3 rings (SSSR count). The number of rotatable bonds is 5. The molecule has 0 amide bonds. The summed E-state index contributed by atoms with van der Waals surface area (Å²) in [4.78, 5) is 0. The number of fused-ring (bicyclic) bond motifs is 1. The first-order valence-electron chi connectivity index (χ1n) is 9.48. The molecule has 0 N–H and O–H groups in total. The monoisotopic (exact) mass is 352 g/mol. The SMILES string of the molecule is CCC1CCC(CCC2=CCc3cc(OC(F)(F)F)ccc3C2)CC1. The summed E-state index contributed by atoms with van der Waals surface area (Å²) < 4.78 is 41.0. The highest BCUT2D eigenvalue weighted by Gasteiger charge is 2.31. The minimum atomic E-state index is -4.62. The summed E-state index contributed by atoms with van der Waals surface area (Å²) in [5.74, 6) is 1.67. The van der Waals surface area contributed by atoms with Gasteiger partial charge >= 0.3 is 6.36 Å². The number of hydrogen-bond donors (Lipinski definition) is 0. The number of allylic oxidation sites excluding steroid dienone is 2. The predicted molar refractivity (Wildman–Crippen MR) is 93.6 cm³/mol. The van der Waals surface area contributed by atoms with Gasteiger partial charge in [0.15, 0.2) is 0 Å². The molecule has 4 heteroatoms. The molecule has 1 fully saturated rings. The fourth-order valence-corrected chi connectivity index (χ4v) is 4.24. The molecule has 25 heavy (non-hydrogen) atoms. The van der Waals surface area contributed by atoms with Crippen LogP contribution in [0.2, 0.25) is 0 Å². The van der Waals surface area contributed by atoms with Crippen molar-refractivity contribution in [1.82, 2.24) is 0 Å². The Morgan fingerprint density at radius 3 is 2.44 bits per heavy atom. The molecule has 0 atom stereocenters. The van der Waals surface area contributed by atoms with E-state index in [0.717, 1.165) is 35.8 Å². The summed E-state index contributed by atoms with van der Waals surface area (Å²) in [5, 5.41) is 0. The van der Waals surface area contributed by atoms with Crippen LogP contribution in [0.5, 0.6) is 5.75 Å². The molecule has 1 nitrogen and oxygen atoms in total. The minimum Gasteiger partial charge on any atom is -0.406 e. The molecule has 1 aromatic rings. The van der Waals surface area contributed by atoms with Gasteiger partial charge < -0.3 is 4.74 Å². The van der Waals surface area contributed by atoms with Gasteiger partial charge in [-0.25, -0.2) is 0 Å². The lowest BCUT2D eigenvalue weighted by Crippen LogP contribution is -2.17. The molecule has 1 aromatic carbocycles. The van der Waals surface area contributed by atoms with Crippen LogP contribution in [-0.2, 0) is 12.8 Å². The molecule has 0 radical (unpaired) electrons. The van der Waals surface area contributed by atoms with Crippen molar-refractivity contribution in [3.05, 3.63) is 41.0 Å². The van der Waals surface area contributed by atoms with Crippen LogP contribution in [0.15, 0.2) is 29.8 Å². The number of benzene rings is 1. The molecule has 0 aliphatic heterocycles. The van der Waals surface area contributed by atoms with Gasteiger partial charge in [0.05, 0.1) is 0 Å². The third-order valence-corrected chi connectivity index (χ3v) is 5.86. The zero-order valence-electron chi connectivity index (χ0n) is 14.9. The average Bonchev–Trinajstić information content (AvgIpc) is 2.59. The predicted octanol–water partition coefficient (Wildman–Crippen LogP) is 6.61. The van der Waals surface area contributed by atoms with Crippen molar-refractivity contribution in [1.29, 1.82) is 0 Å². The van der Waals surface area contributed by atoms with Crippen molar-refractivity contribution in [2.45, 2.75) is 71.1 Å². The zero-order valence-corrected chi connectivity index (χ0v) is 14.9. The number of hydrogen-bond acceptors (Lipinski definition) is 1. The van der Waals surface area contributed by atoms with E-state index in [9.17, 15) is 13.2 Å². The first-order valence-corrected chi connectivity index (χ1v) is 9.48. The highest BCUT2D eigenvalue weighted by Crippen LogP contribution is 2.35. The van der Waals surface area contributed by atoms with Crippen LogP contribution in [0.4, 0.5) is 13.2 Å². The molecule has 2 aliphatic carbocycles. The molecule has 2 aliphatic rings. The Hall–Kier alpha value is -1.45. The van der Waals surface area contributed by atoms with Crippen molar-refractivity contribution >= 4 is 0 Å². The van der Waals surface area contributed by atoms with Crippen LogP contribution >= 0.6 is 0 Å². The molecule has 0 aromatic heterocycles. The Labute approximate surface area is 148 Å². The lowest BCUT2D eigenvalue weighted by atomic mass is 9.78. The Kier molecular flexibility index (Phi) is 5.75. The Bertz CT molecular complexity index is 610. The molecule has 1 saturated carbocycles. The Morgan fingerprint density at radius 2 is 1.76 bits per heavy atom. The lowest BCUT2D eigenvalue weighted by molar-refractivity contribution is -0.274. The highest BCUT2D eigenvalue weighted by molar-refractivity contribution is 5.42. The van der Waals surface area contributed by atoms with Gasteiger partial charge in [-0.1, -0.05) is 56.7 Å². The number of ether oxygens (including phenoxy) is 1. The van der Waals surface area contributed by atoms with Crippen molar-refractivity contribution in [3.8, 4) is 5.75 Å². The molecule has 0 heterocycles. The van der Waals surface area contributed by atoms with E-state index < -0.39 is 6.36 Å². The van der Waals surface area contributed by atoms with Gasteiger partial charge in [-0.05, 0) is 60.8 Å². The van der Waals surface area contributed by atoms with Crippen LogP contribution in [0.25, 0.3) is 0 Å². The quantitative estimate of drug-likeness (QED) is 0.542. The summed E-state index contributed by atoms with van der Waals surface area (Å²) in [5.41, 5.74) is 3.53. The van der Waals surface area contributed by atoms with Gasteiger partial charge in [0.1, 0.15) is 5.75 Å². The Morgan fingerprint density at radius 1 is 1.04 bits per heavy atom. The third-order valence-electron chi connectivity index (χ3n) is 5.86. The fourth-order valence-electron chi connectivity index (χ4n) is 4.24. The Balaban J connectivity index is 1.51. The van der Waals surface area contributed by atoms with Gasteiger partial charge in [0, 0.05) is 0 Å². The van der Waals surface area contributed by atoms with E-state index in [1.807, 2.05) is 0 Å². The fraction of sp³-hybridized carbons (Fsp3) is 0.619. The molecule has 0 unspecified atom stereocenters. The highest BCUT2D eigenvalue weighted by atomic mass is 19.4. The maximum Gasteiger partial charge on any atom is 0.573 e. The molecule has 0 saturated heterocycles. The van der Waals surface area contributed by atoms with Crippen LogP contribution in [-0.4, -0.2) is 6.36 Å². The van der Waals surface area contributed by atoms with Gasteiger partial charge in [-0.3, -0.25) is 0 Å². The second-order valence-corrected chi connectivity index (χ2v) is 7.56. The first-order chi connectivity index (χ1) is 11.9. The smallest absolute Gasteiger partial charge is 0.406 e. The van der Waals surface area contributed by atoms with E-state index in [0.29, 0.717) is 6.42 Å². The first kappa shape index (κ1) is 18.3. The van der Waals surface area contributed by atoms with Gasteiger partial charge in [0.25, 0.3) is 0 Å². The molecule has 138 valence electrons. The van der Waals surface area contributed by atoms with Crippen LogP contribution in [0, 0.1) is 11.8 Å². The topological polar surface area (TPSA) is 9.23 Å². The maximum absolute atomic E-state index is 12.3. The second kappa shape index (κ2) is 7.84. The minimum absolute atomic E-state index is 0.115. The van der Waals surface area contributed by atoms with E-state index in [-0.39, 0.29) is 5.75 Å². The second-order valence-electron chi connectivity index (χ2n) is 7.56. The molecular formula is C21H27F3O. The lowest BCUT2D eigenvalue weighted by Gasteiger charge is -2.28. The van der Waals surface area contributed by atoms with E-state index in [1.165, 1.54) is 56.2 Å². The van der Waals surface area contributed by atoms with Crippen molar-refractivity contribution < 1.29 is 17.9 Å². The van der Waals surface area contributed by atoms with E-state index >= 15 is 0 Å². The normalized spacial score (nSPS) is 23.8. The number of halogens is 3. The summed E-state index contributed by atoms with van der Waals surface area (Å²) in [6.45, 7) is 2.29. The molecule has 0 bridgehead atoms. The molecular weight excluding hydrogens is 325 g/mol. The maximum atomic E-state index is 12.3. The van der Waals surface area contributed by atoms with Crippen molar-refractivity contribution in [3.63, 3.8) is 0 Å². The third kappa shape index (κ3) is 5.26. The van der Waals surface area contributed by atoms with E-state index in [2.05, 4.69) is 17.7 Å². The largest absolute Gasteiger partial charge is 0.573 e. The summed E-state index contributed by atoms with van der Waals surface area (Å²) in [6, 6.07) is 4.75. The van der Waals surface area contributed by atoms with Crippen LogP contribution in [0.3, 0.4) is 0 Å². The standard InChI is InChI=1S/C21H27F3O/c1-2-15-3-5-16(6-4-15)7-8-17-9-10-19-14-20(25-21(22,23)24)12-11-18(19)13-17/h9,11-12,14-16H,2-8,10,13H2,1H3. The molecule has 0 spiro atoms. The number of alkyl halides is 3. The summed E-state index contributed by atoms with van der Waals surface area (Å²) in [7, 11) is 0. The van der Waals surface area contributed by atoms with Crippen LogP contribution < -0.4 is 4.74 Å². The average molecular weight is 352 g/mol. The zero-order chi connectivity index (χ0) is 17.9. The van der Waals surface area contributed by atoms with E-state index in [1.54, 1.807) is 6.07 Å². The van der Waals surface area contributed by atoms with Gasteiger partial charge in [0.2, 0.25) is 0 Å². The van der Waals surface area contributed by atoms with Gasteiger partial charge in [-0.15, -0.1) is 13.2 Å². The van der Waals surface area contributed by atoms with Gasteiger partial charge in [-0.2, -0.15) is 0 Å². The summed E-state index contributed by atoms with van der Waals surface area (Å²) in [6.07, 6.45) is 8.34. The van der Waals surface area contributed by atoms with E-state index in [4.69, 9.17) is 0 Å². The van der Waals surface area contributed by atoms with Crippen molar-refractivity contribution in [2.24, 2.45) is 11.8 Å². The summed E-state index contributed by atoms with van der Waals surface area (Å²) >= 11 is 0.